The van der Waals surface area contributed by atoms with Gasteiger partial charge in [0.2, 0.25) is 0 Å². The third-order valence-electron chi connectivity index (χ3n) is 5.73. The molecule has 0 aromatic carbocycles. The van der Waals surface area contributed by atoms with Crippen molar-refractivity contribution < 1.29 is 0 Å². The van der Waals surface area contributed by atoms with Crippen molar-refractivity contribution in [2.75, 3.05) is 20.1 Å². The molecule has 1 nitrogen and oxygen atoms in total. The van der Waals surface area contributed by atoms with Crippen molar-refractivity contribution in [2.24, 2.45) is 16.2 Å². The molecule has 76 valence electrons. The molecule has 0 unspecified atom stereocenters. The van der Waals surface area contributed by atoms with Crippen LogP contribution in [0.1, 0.15) is 40.5 Å². The Morgan fingerprint density at radius 2 is 1.23 bits per heavy atom. The second-order valence-electron chi connectivity index (χ2n) is 6.14. The van der Waals surface area contributed by atoms with Crippen molar-refractivity contribution in [3.8, 4) is 0 Å². The van der Waals surface area contributed by atoms with Crippen molar-refractivity contribution in [1.82, 2.24) is 4.90 Å². The van der Waals surface area contributed by atoms with Gasteiger partial charge in [0.1, 0.15) is 0 Å². The SMILES string of the molecule is CN1CCC2(CC1)C(C)(C)C2(C)C. The van der Waals surface area contributed by atoms with Gasteiger partial charge < -0.3 is 4.90 Å². The summed E-state index contributed by atoms with van der Waals surface area (Å²) in [5.74, 6) is 0. The van der Waals surface area contributed by atoms with E-state index in [1.807, 2.05) is 0 Å². The van der Waals surface area contributed by atoms with E-state index in [0.29, 0.717) is 16.2 Å². The van der Waals surface area contributed by atoms with Gasteiger partial charge in [0.15, 0.2) is 0 Å². The van der Waals surface area contributed by atoms with Gasteiger partial charge in [-0.2, -0.15) is 0 Å². The molecule has 13 heavy (non-hydrogen) atoms. The maximum Gasteiger partial charge on any atom is -0.00161 e. The summed E-state index contributed by atoms with van der Waals surface area (Å²) in [6, 6.07) is 0. The molecular formula is C12H23N. The minimum absolute atomic E-state index is 0.571. The van der Waals surface area contributed by atoms with Crippen LogP contribution in [0, 0.1) is 16.2 Å². The first-order chi connectivity index (χ1) is 5.85. The summed E-state index contributed by atoms with van der Waals surface area (Å²) in [6.07, 6.45) is 2.81. The lowest BCUT2D eigenvalue weighted by Crippen LogP contribution is -2.34. The fourth-order valence-electron chi connectivity index (χ4n) is 3.80. The molecule has 0 aromatic heterocycles. The molecule has 1 heteroatoms. The number of nitrogens with zero attached hydrogens (tertiary/aromatic N) is 1. The molecule has 0 aromatic rings. The molecule has 2 aliphatic rings. The van der Waals surface area contributed by atoms with E-state index >= 15 is 0 Å². The monoisotopic (exact) mass is 181 g/mol. The van der Waals surface area contributed by atoms with Gasteiger partial charge in [-0.25, -0.2) is 0 Å². The minimum atomic E-state index is 0.571. The van der Waals surface area contributed by atoms with E-state index < -0.39 is 0 Å². The van der Waals surface area contributed by atoms with Crippen molar-refractivity contribution in [2.45, 2.75) is 40.5 Å². The zero-order valence-corrected chi connectivity index (χ0v) is 9.78. The van der Waals surface area contributed by atoms with Crippen molar-refractivity contribution >= 4 is 0 Å². The van der Waals surface area contributed by atoms with Crippen molar-refractivity contribution in [1.29, 1.82) is 0 Å². The molecule has 1 aliphatic heterocycles. The Morgan fingerprint density at radius 1 is 0.846 bits per heavy atom. The van der Waals surface area contributed by atoms with Crippen LogP contribution in [0.2, 0.25) is 0 Å². The highest BCUT2D eigenvalue weighted by molar-refractivity contribution is 5.24. The van der Waals surface area contributed by atoms with Crippen LogP contribution in [0.4, 0.5) is 0 Å². The molecule has 1 saturated carbocycles. The van der Waals surface area contributed by atoms with Crippen LogP contribution in [0.5, 0.6) is 0 Å². The molecular weight excluding hydrogens is 158 g/mol. The lowest BCUT2D eigenvalue weighted by Gasteiger charge is -2.32. The van der Waals surface area contributed by atoms with E-state index in [0.717, 1.165) is 0 Å². The molecule has 1 heterocycles. The summed E-state index contributed by atoms with van der Waals surface area (Å²) >= 11 is 0. The molecule has 0 amide bonds. The predicted molar refractivity (Wildman–Crippen MR) is 56.7 cm³/mol. The minimum Gasteiger partial charge on any atom is -0.306 e. The van der Waals surface area contributed by atoms with E-state index in [-0.39, 0.29) is 0 Å². The summed E-state index contributed by atoms with van der Waals surface area (Å²) in [4.78, 5) is 2.47. The standard InChI is InChI=1S/C12H23N/c1-10(2)11(3,4)12(10)6-8-13(5)9-7-12/h6-9H2,1-5H3. The molecule has 2 fully saturated rings. The molecule has 1 aliphatic carbocycles. The van der Waals surface area contributed by atoms with E-state index in [1.165, 1.54) is 25.9 Å². The largest absolute Gasteiger partial charge is 0.306 e. The zero-order chi connectivity index (χ0) is 9.91. The van der Waals surface area contributed by atoms with Crippen molar-refractivity contribution in [3.05, 3.63) is 0 Å². The third-order valence-corrected chi connectivity index (χ3v) is 5.73. The Morgan fingerprint density at radius 3 is 1.54 bits per heavy atom. The Hall–Kier alpha value is -0.0400. The molecule has 0 N–H and O–H groups in total. The first-order valence-electron chi connectivity index (χ1n) is 5.54. The van der Waals surface area contributed by atoms with Crippen LogP contribution < -0.4 is 0 Å². The fourth-order valence-corrected chi connectivity index (χ4v) is 3.80. The summed E-state index contributed by atoms with van der Waals surface area (Å²) in [7, 11) is 2.25. The smallest absolute Gasteiger partial charge is 0.00161 e. The highest BCUT2D eigenvalue weighted by atomic mass is 15.1. The van der Waals surface area contributed by atoms with Crippen LogP contribution in [-0.2, 0) is 0 Å². The highest BCUT2D eigenvalue weighted by Crippen LogP contribution is 2.81. The second kappa shape index (κ2) is 2.31. The van der Waals surface area contributed by atoms with E-state index in [1.54, 1.807) is 0 Å². The quantitative estimate of drug-likeness (QED) is 0.555. The van der Waals surface area contributed by atoms with Gasteiger partial charge in [-0.3, -0.25) is 0 Å². The first-order valence-corrected chi connectivity index (χ1v) is 5.54. The average molecular weight is 181 g/mol. The summed E-state index contributed by atoms with van der Waals surface area (Å²) < 4.78 is 0. The highest BCUT2D eigenvalue weighted by Gasteiger charge is 2.75. The molecule has 0 radical (unpaired) electrons. The Labute approximate surface area is 82.5 Å². The number of rotatable bonds is 0. The maximum atomic E-state index is 2.47. The Kier molecular flexibility index (Phi) is 1.69. The maximum absolute atomic E-state index is 2.47. The number of likely N-dealkylation sites (tertiary alicyclic amines) is 1. The number of hydrogen-bond acceptors (Lipinski definition) is 1. The summed E-state index contributed by atoms with van der Waals surface area (Å²) in [6.45, 7) is 12.4. The molecule has 0 bridgehead atoms. The predicted octanol–water partition coefficient (Wildman–Crippen LogP) is 2.76. The van der Waals surface area contributed by atoms with E-state index in [2.05, 4.69) is 39.6 Å². The van der Waals surface area contributed by atoms with Crippen molar-refractivity contribution in [3.63, 3.8) is 0 Å². The van der Waals surface area contributed by atoms with Gasteiger partial charge in [-0.1, -0.05) is 27.7 Å². The topological polar surface area (TPSA) is 3.24 Å². The van der Waals surface area contributed by atoms with E-state index in [9.17, 15) is 0 Å². The van der Waals surface area contributed by atoms with Gasteiger partial charge in [0, 0.05) is 0 Å². The molecule has 1 spiro atoms. The summed E-state index contributed by atoms with van der Waals surface area (Å²) in [5, 5.41) is 0. The molecule has 2 rings (SSSR count). The van der Waals surface area contributed by atoms with E-state index in [4.69, 9.17) is 0 Å². The normalized spacial score (nSPS) is 34.8. The van der Waals surface area contributed by atoms with Gasteiger partial charge in [-0.15, -0.1) is 0 Å². The van der Waals surface area contributed by atoms with Gasteiger partial charge in [0.05, 0.1) is 0 Å². The van der Waals surface area contributed by atoms with Crippen LogP contribution in [0.3, 0.4) is 0 Å². The first kappa shape index (κ1) is 9.51. The molecule has 1 saturated heterocycles. The van der Waals surface area contributed by atoms with Gasteiger partial charge in [-0.05, 0) is 49.2 Å². The van der Waals surface area contributed by atoms with Crippen LogP contribution in [-0.4, -0.2) is 25.0 Å². The Balaban J connectivity index is 2.18. The van der Waals surface area contributed by atoms with Gasteiger partial charge >= 0.3 is 0 Å². The second-order valence-corrected chi connectivity index (χ2v) is 6.14. The summed E-state index contributed by atoms with van der Waals surface area (Å²) in [5.41, 5.74) is 1.80. The third kappa shape index (κ3) is 0.869. The van der Waals surface area contributed by atoms with Crippen LogP contribution in [0.25, 0.3) is 0 Å². The molecule has 0 atom stereocenters. The van der Waals surface area contributed by atoms with Gasteiger partial charge in [0.25, 0.3) is 0 Å². The Bertz CT molecular complexity index is 203. The number of hydrogen-bond donors (Lipinski definition) is 0. The van der Waals surface area contributed by atoms with Crippen LogP contribution in [0.15, 0.2) is 0 Å². The zero-order valence-electron chi connectivity index (χ0n) is 9.78. The lowest BCUT2D eigenvalue weighted by atomic mass is 9.84. The fraction of sp³-hybridized carbons (Fsp3) is 1.00. The van der Waals surface area contributed by atoms with Crippen LogP contribution >= 0.6 is 0 Å². The average Bonchev–Trinajstić information content (AvgIpc) is 2.35. The number of piperidine rings is 1. The lowest BCUT2D eigenvalue weighted by molar-refractivity contribution is 0.162.